The van der Waals surface area contributed by atoms with Crippen molar-refractivity contribution in [1.29, 1.82) is 0 Å². The second-order valence-corrected chi connectivity index (χ2v) is 4.90. The number of allylic oxidation sites excluding steroid dienone is 1. The van der Waals surface area contributed by atoms with Crippen LogP contribution in [-0.4, -0.2) is 4.98 Å². The minimum Gasteiger partial charge on any atom is -0.364 e. The van der Waals surface area contributed by atoms with E-state index >= 15 is 0 Å². The third kappa shape index (κ3) is 2.51. The molecule has 17 heavy (non-hydrogen) atoms. The lowest BCUT2D eigenvalue weighted by atomic mass is 9.89. The Balaban J connectivity index is 2.23. The molecule has 92 valence electrons. The molecule has 1 aromatic rings. The highest BCUT2D eigenvalue weighted by atomic mass is 16.1. The van der Waals surface area contributed by atoms with Gasteiger partial charge in [-0.1, -0.05) is 32.3 Å². The summed E-state index contributed by atoms with van der Waals surface area (Å²) in [6.07, 6.45) is 9.73. The molecular formula is C15H21NO. The molecule has 0 saturated carbocycles. The molecule has 0 saturated heterocycles. The fraction of sp³-hybridized carbons (Fsp3) is 0.533. The van der Waals surface area contributed by atoms with Gasteiger partial charge in [0.2, 0.25) is 0 Å². The minimum atomic E-state index is 0.153. The lowest BCUT2D eigenvalue weighted by Crippen LogP contribution is -2.06. The molecule has 1 heterocycles. The van der Waals surface area contributed by atoms with Gasteiger partial charge in [0, 0.05) is 29.9 Å². The summed E-state index contributed by atoms with van der Waals surface area (Å²) >= 11 is 0. The van der Waals surface area contributed by atoms with Gasteiger partial charge in [-0.3, -0.25) is 4.79 Å². The Morgan fingerprint density at radius 1 is 1.29 bits per heavy atom. The van der Waals surface area contributed by atoms with E-state index in [1.807, 2.05) is 0 Å². The molecule has 2 heteroatoms. The van der Waals surface area contributed by atoms with Crippen molar-refractivity contribution < 1.29 is 0 Å². The van der Waals surface area contributed by atoms with Gasteiger partial charge in [-0.2, -0.15) is 0 Å². The van der Waals surface area contributed by atoms with Crippen LogP contribution in [0.15, 0.2) is 22.6 Å². The van der Waals surface area contributed by atoms with Gasteiger partial charge in [0.25, 0.3) is 0 Å². The predicted molar refractivity (Wildman–Crippen MR) is 72.0 cm³/mol. The van der Waals surface area contributed by atoms with E-state index in [0.717, 1.165) is 17.7 Å². The maximum absolute atomic E-state index is 11.7. The van der Waals surface area contributed by atoms with Crippen molar-refractivity contribution in [2.24, 2.45) is 5.92 Å². The average molecular weight is 231 g/mol. The second-order valence-electron chi connectivity index (χ2n) is 4.90. The number of pyridine rings is 1. The maximum atomic E-state index is 11.7. The Morgan fingerprint density at radius 3 is 2.59 bits per heavy atom. The maximum Gasteiger partial charge on any atom is 0.189 e. The van der Waals surface area contributed by atoms with Crippen LogP contribution < -0.4 is 5.43 Å². The van der Waals surface area contributed by atoms with Crippen molar-refractivity contribution in [2.45, 2.75) is 46.0 Å². The molecule has 0 spiro atoms. The summed E-state index contributed by atoms with van der Waals surface area (Å²) in [5.41, 5.74) is 3.59. The molecular weight excluding hydrogens is 210 g/mol. The van der Waals surface area contributed by atoms with Crippen LogP contribution in [-0.2, 0) is 6.42 Å². The zero-order valence-corrected chi connectivity index (χ0v) is 10.8. The third-order valence-electron chi connectivity index (χ3n) is 3.59. The first kappa shape index (κ1) is 12.2. The minimum absolute atomic E-state index is 0.153. The highest BCUT2D eigenvalue weighted by Gasteiger charge is 2.21. The van der Waals surface area contributed by atoms with Crippen LogP contribution >= 0.6 is 0 Å². The Kier molecular flexibility index (Phi) is 3.82. The molecule has 0 amide bonds. The van der Waals surface area contributed by atoms with Gasteiger partial charge < -0.3 is 4.98 Å². The van der Waals surface area contributed by atoms with E-state index in [2.05, 4.69) is 24.9 Å². The summed E-state index contributed by atoms with van der Waals surface area (Å²) in [6.45, 7) is 4.47. The number of hydrogen-bond acceptors (Lipinski definition) is 1. The number of nitrogens with one attached hydrogen (secondary N) is 1. The van der Waals surface area contributed by atoms with E-state index in [4.69, 9.17) is 0 Å². The Hall–Kier alpha value is -1.31. The van der Waals surface area contributed by atoms with E-state index in [1.165, 1.54) is 31.3 Å². The number of fused-ring (bicyclic) bond motifs is 1. The molecule has 0 radical (unpaired) electrons. The van der Waals surface area contributed by atoms with Gasteiger partial charge in [0.1, 0.15) is 0 Å². The Morgan fingerprint density at radius 2 is 2.00 bits per heavy atom. The van der Waals surface area contributed by atoms with Crippen LogP contribution in [0.5, 0.6) is 0 Å². The van der Waals surface area contributed by atoms with Crippen LogP contribution in [0.3, 0.4) is 0 Å². The largest absolute Gasteiger partial charge is 0.364 e. The number of hydrogen-bond donors (Lipinski definition) is 1. The van der Waals surface area contributed by atoms with E-state index in [1.54, 1.807) is 12.3 Å². The predicted octanol–water partition coefficient (Wildman–Crippen LogP) is 3.53. The van der Waals surface area contributed by atoms with E-state index in [9.17, 15) is 4.79 Å². The summed E-state index contributed by atoms with van der Waals surface area (Å²) in [5, 5.41) is 0. The normalized spacial score (nSPS) is 13.9. The van der Waals surface area contributed by atoms with Crippen LogP contribution in [0, 0.1) is 5.92 Å². The van der Waals surface area contributed by atoms with Crippen molar-refractivity contribution in [1.82, 2.24) is 4.98 Å². The van der Waals surface area contributed by atoms with Crippen molar-refractivity contribution in [3.63, 3.8) is 0 Å². The summed E-state index contributed by atoms with van der Waals surface area (Å²) in [7, 11) is 0. The first-order valence-electron chi connectivity index (χ1n) is 6.67. The molecule has 0 fully saturated rings. The molecule has 1 aliphatic rings. The molecule has 2 rings (SSSR count). The van der Waals surface area contributed by atoms with Crippen LogP contribution in [0.1, 0.15) is 50.8 Å². The molecule has 2 nitrogen and oxygen atoms in total. The summed E-state index contributed by atoms with van der Waals surface area (Å²) in [5.74, 6) is 0.658. The Bertz CT molecular complexity index is 464. The van der Waals surface area contributed by atoms with Gasteiger partial charge in [-0.15, -0.1) is 0 Å². The Labute approximate surface area is 103 Å². The van der Waals surface area contributed by atoms with E-state index < -0.39 is 0 Å². The van der Waals surface area contributed by atoms with Crippen molar-refractivity contribution >= 4 is 6.08 Å². The fourth-order valence-corrected chi connectivity index (χ4v) is 2.75. The number of H-pyrrole nitrogens is 1. The summed E-state index contributed by atoms with van der Waals surface area (Å²) < 4.78 is 0. The zero-order chi connectivity index (χ0) is 12.3. The van der Waals surface area contributed by atoms with Gasteiger partial charge in [-0.25, -0.2) is 0 Å². The first-order valence-corrected chi connectivity index (χ1v) is 6.67. The quantitative estimate of drug-likeness (QED) is 0.826. The lowest BCUT2D eigenvalue weighted by molar-refractivity contribution is 0.499. The van der Waals surface area contributed by atoms with Crippen molar-refractivity contribution in [3.8, 4) is 0 Å². The highest BCUT2D eigenvalue weighted by Crippen LogP contribution is 2.31. The molecule has 1 N–H and O–H groups in total. The van der Waals surface area contributed by atoms with Gasteiger partial charge in [-0.05, 0) is 24.8 Å². The summed E-state index contributed by atoms with van der Waals surface area (Å²) in [6, 6.07) is 1.62. The average Bonchev–Trinajstić information content (AvgIpc) is 2.74. The molecule has 1 aromatic heterocycles. The van der Waals surface area contributed by atoms with Crippen molar-refractivity contribution in [2.75, 3.05) is 0 Å². The topological polar surface area (TPSA) is 32.9 Å². The van der Waals surface area contributed by atoms with Gasteiger partial charge in [0.15, 0.2) is 5.43 Å². The molecule has 1 aliphatic carbocycles. The molecule has 0 aliphatic heterocycles. The molecule has 0 aromatic carbocycles. The van der Waals surface area contributed by atoms with E-state index in [-0.39, 0.29) is 5.43 Å². The fourth-order valence-electron chi connectivity index (χ4n) is 2.75. The number of aromatic amines is 1. The lowest BCUT2D eigenvalue weighted by Gasteiger charge is -2.16. The number of rotatable bonds is 5. The summed E-state index contributed by atoms with van der Waals surface area (Å²) in [4.78, 5) is 14.9. The molecule has 0 atom stereocenters. The molecule has 0 unspecified atom stereocenters. The van der Waals surface area contributed by atoms with Gasteiger partial charge >= 0.3 is 0 Å². The van der Waals surface area contributed by atoms with Crippen LogP contribution in [0.4, 0.5) is 0 Å². The van der Waals surface area contributed by atoms with E-state index in [0.29, 0.717) is 5.92 Å². The molecule has 0 bridgehead atoms. The standard InChI is InChI=1S/C15H21NO/c1-3-5-11(6-4-2)12-9-13-14(10-12)16-8-7-15(13)17/h7-9,11H,3-6,10H2,1-2H3,(H,16,17). The zero-order valence-electron chi connectivity index (χ0n) is 10.8. The highest BCUT2D eigenvalue weighted by molar-refractivity contribution is 5.62. The van der Waals surface area contributed by atoms with Crippen LogP contribution in [0.25, 0.3) is 6.08 Å². The SMILES string of the molecule is CCCC(CCC)C1=Cc2c([nH]ccc2=O)C1. The second kappa shape index (κ2) is 5.35. The van der Waals surface area contributed by atoms with Crippen LogP contribution in [0.2, 0.25) is 0 Å². The van der Waals surface area contributed by atoms with Crippen molar-refractivity contribution in [3.05, 3.63) is 39.3 Å². The monoisotopic (exact) mass is 231 g/mol. The first-order chi connectivity index (χ1) is 8.26. The van der Waals surface area contributed by atoms with Gasteiger partial charge in [0.05, 0.1) is 0 Å². The number of aromatic nitrogens is 1. The smallest absolute Gasteiger partial charge is 0.189 e. The third-order valence-corrected chi connectivity index (χ3v) is 3.59.